The van der Waals surface area contributed by atoms with Crippen LogP contribution in [-0.4, -0.2) is 73.1 Å². The summed E-state index contributed by atoms with van der Waals surface area (Å²) in [5, 5.41) is 0. The zero-order chi connectivity index (χ0) is 21.3. The van der Waals surface area contributed by atoms with Gasteiger partial charge in [0.05, 0.1) is 0 Å². The van der Waals surface area contributed by atoms with Gasteiger partial charge in [0.1, 0.15) is 0 Å². The number of hydrogen-bond acceptors (Lipinski definition) is 3. The summed E-state index contributed by atoms with van der Waals surface area (Å²) in [6.45, 7) is 6.26. The average molecular weight is 418 g/mol. The molecule has 0 radical (unpaired) electrons. The van der Waals surface area contributed by atoms with Crippen molar-refractivity contribution in [3.63, 3.8) is 0 Å². The van der Waals surface area contributed by atoms with Gasteiger partial charge in [-0.2, -0.15) is 0 Å². The average Bonchev–Trinajstić information content (AvgIpc) is 3.21. The highest BCUT2D eigenvalue weighted by molar-refractivity contribution is 5.32. The van der Waals surface area contributed by atoms with Crippen molar-refractivity contribution in [2.75, 3.05) is 46.8 Å². The summed E-state index contributed by atoms with van der Waals surface area (Å²) in [7, 11) is 4.65. The molecule has 0 N–H and O–H groups in total. The first kappa shape index (κ1) is 21.2. The van der Waals surface area contributed by atoms with Crippen LogP contribution in [0.15, 0.2) is 60.7 Å². The van der Waals surface area contributed by atoms with Crippen LogP contribution in [0.3, 0.4) is 0 Å². The molecule has 2 bridgehead atoms. The Morgan fingerprint density at radius 3 is 1.84 bits per heavy atom. The van der Waals surface area contributed by atoms with E-state index in [1.165, 1.54) is 76.0 Å². The molecule has 31 heavy (non-hydrogen) atoms. The predicted octanol–water partition coefficient (Wildman–Crippen LogP) is 4.82. The molecule has 3 heteroatoms. The van der Waals surface area contributed by atoms with Gasteiger partial charge in [0.15, 0.2) is 0 Å². The summed E-state index contributed by atoms with van der Waals surface area (Å²) in [6, 6.07) is 23.4. The van der Waals surface area contributed by atoms with Gasteiger partial charge >= 0.3 is 0 Å². The minimum absolute atomic E-state index is 0.278. The van der Waals surface area contributed by atoms with Gasteiger partial charge in [0.2, 0.25) is 0 Å². The first-order valence-corrected chi connectivity index (χ1v) is 12.4. The summed E-state index contributed by atoms with van der Waals surface area (Å²) in [4.78, 5) is 8.15. The lowest BCUT2D eigenvalue weighted by Crippen LogP contribution is -2.53. The number of hydrogen-bond donors (Lipinski definition) is 0. The first-order chi connectivity index (χ1) is 15.2. The van der Waals surface area contributed by atoms with Crippen LogP contribution in [0.5, 0.6) is 0 Å². The fourth-order valence-electron chi connectivity index (χ4n) is 6.79. The van der Waals surface area contributed by atoms with Crippen molar-refractivity contribution in [2.45, 2.75) is 55.5 Å². The molecule has 2 unspecified atom stereocenters. The van der Waals surface area contributed by atoms with Gasteiger partial charge in [-0.25, -0.2) is 0 Å². The summed E-state index contributed by atoms with van der Waals surface area (Å²) >= 11 is 0. The highest BCUT2D eigenvalue weighted by atomic mass is 15.3. The normalized spacial score (nSPS) is 31.9. The van der Waals surface area contributed by atoms with Gasteiger partial charge in [-0.1, -0.05) is 60.7 Å². The van der Waals surface area contributed by atoms with E-state index in [9.17, 15) is 0 Å². The Bertz CT molecular complexity index is 778. The lowest BCUT2D eigenvalue weighted by atomic mass is 9.63. The molecule has 2 atom stereocenters. The maximum atomic E-state index is 2.89. The van der Waals surface area contributed by atoms with Crippen molar-refractivity contribution in [2.24, 2.45) is 0 Å². The summed E-state index contributed by atoms with van der Waals surface area (Å²) in [5.74, 6) is 1.17. The molecule has 3 saturated heterocycles. The van der Waals surface area contributed by atoms with Crippen LogP contribution in [0.4, 0.5) is 0 Å². The molecule has 1 saturated carbocycles. The molecule has 0 aromatic heterocycles. The number of benzene rings is 2. The van der Waals surface area contributed by atoms with Crippen molar-refractivity contribution in [1.82, 2.24) is 14.7 Å². The Labute approximate surface area is 189 Å². The Morgan fingerprint density at radius 2 is 1.32 bits per heavy atom. The van der Waals surface area contributed by atoms with Gasteiger partial charge in [-0.05, 0) is 70.4 Å². The van der Waals surface area contributed by atoms with Crippen LogP contribution in [0, 0.1) is 0 Å². The largest absolute Gasteiger partial charge is 0.304 e. The molecular weight excluding hydrogens is 378 g/mol. The van der Waals surface area contributed by atoms with E-state index in [0.717, 1.165) is 0 Å². The van der Waals surface area contributed by atoms with Gasteiger partial charge in [0.25, 0.3) is 0 Å². The lowest BCUT2D eigenvalue weighted by Gasteiger charge is -2.51. The molecule has 4 fully saturated rings. The van der Waals surface area contributed by atoms with Crippen LogP contribution >= 0.6 is 0 Å². The van der Waals surface area contributed by atoms with Crippen molar-refractivity contribution >= 4 is 0 Å². The second kappa shape index (κ2) is 9.05. The molecule has 0 amide bonds. The third-order valence-corrected chi connectivity index (χ3v) is 8.62. The Kier molecular flexibility index (Phi) is 6.19. The molecule has 3 heterocycles. The Hall–Kier alpha value is -1.68. The smallest absolute Gasteiger partial charge is 0.0235 e. The van der Waals surface area contributed by atoms with Crippen molar-refractivity contribution in [3.8, 4) is 0 Å². The number of likely N-dealkylation sites (tertiary alicyclic amines) is 1. The standard InChI is InChI=1S/C28H39N3/c1-29(2)28-15-18-31(20-19-30-16-9-10-17-30)27(25(21-28)23-11-5-3-6-12-23)26(22-28)24-13-7-4-8-14-24/h3-8,11-14,25-27H,9-10,15-22H2,1-2H3. The molecule has 2 aromatic carbocycles. The van der Waals surface area contributed by atoms with E-state index in [0.29, 0.717) is 17.9 Å². The van der Waals surface area contributed by atoms with Crippen LogP contribution in [0.1, 0.15) is 55.1 Å². The molecule has 1 aliphatic carbocycles. The van der Waals surface area contributed by atoms with E-state index in [4.69, 9.17) is 0 Å². The van der Waals surface area contributed by atoms with Crippen LogP contribution in [0.2, 0.25) is 0 Å². The topological polar surface area (TPSA) is 9.72 Å². The minimum Gasteiger partial charge on any atom is -0.304 e. The molecular formula is C28H39N3. The predicted molar refractivity (Wildman–Crippen MR) is 130 cm³/mol. The summed E-state index contributed by atoms with van der Waals surface area (Å²) in [6.07, 6.45) is 6.60. The van der Waals surface area contributed by atoms with Crippen LogP contribution < -0.4 is 0 Å². The van der Waals surface area contributed by atoms with Gasteiger partial charge in [0, 0.05) is 43.1 Å². The summed E-state index contributed by atoms with van der Waals surface area (Å²) in [5.41, 5.74) is 3.35. The van der Waals surface area contributed by atoms with Crippen LogP contribution in [0.25, 0.3) is 0 Å². The quantitative estimate of drug-likeness (QED) is 0.667. The Morgan fingerprint density at radius 1 is 0.774 bits per heavy atom. The molecule has 6 rings (SSSR count). The molecule has 0 spiro atoms. The lowest BCUT2D eigenvalue weighted by molar-refractivity contribution is 0.0645. The number of nitrogens with zero attached hydrogens (tertiary/aromatic N) is 3. The third kappa shape index (κ3) is 4.20. The number of fused-ring (bicyclic) bond motifs is 4. The van der Waals surface area contributed by atoms with E-state index in [-0.39, 0.29) is 5.54 Å². The van der Waals surface area contributed by atoms with E-state index < -0.39 is 0 Å². The maximum absolute atomic E-state index is 2.89. The molecule has 166 valence electrons. The van der Waals surface area contributed by atoms with Crippen LogP contribution in [-0.2, 0) is 0 Å². The minimum atomic E-state index is 0.278. The van der Waals surface area contributed by atoms with E-state index in [1.807, 2.05) is 0 Å². The fourth-order valence-corrected chi connectivity index (χ4v) is 6.79. The number of rotatable bonds is 6. The zero-order valence-corrected chi connectivity index (χ0v) is 19.4. The highest BCUT2D eigenvalue weighted by Crippen LogP contribution is 2.53. The molecule has 3 aliphatic heterocycles. The second-order valence-corrected chi connectivity index (χ2v) is 10.4. The Balaban J connectivity index is 1.54. The van der Waals surface area contributed by atoms with Gasteiger partial charge in [-0.15, -0.1) is 0 Å². The SMILES string of the molecule is CN(C)C12CCN(CCN3CCCC3)C(C(c3ccccc3)C1)C(c1ccccc1)C2. The van der Waals surface area contributed by atoms with Crippen molar-refractivity contribution < 1.29 is 0 Å². The van der Waals surface area contributed by atoms with Gasteiger partial charge < -0.3 is 9.80 Å². The monoisotopic (exact) mass is 417 g/mol. The molecule has 4 aliphatic rings. The molecule has 3 nitrogen and oxygen atoms in total. The van der Waals surface area contributed by atoms with Crippen molar-refractivity contribution in [1.29, 1.82) is 0 Å². The van der Waals surface area contributed by atoms with E-state index >= 15 is 0 Å². The maximum Gasteiger partial charge on any atom is 0.0235 e. The van der Waals surface area contributed by atoms with E-state index in [2.05, 4.69) is 89.5 Å². The third-order valence-electron chi connectivity index (χ3n) is 8.62. The van der Waals surface area contributed by atoms with E-state index in [1.54, 1.807) is 0 Å². The second-order valence-electron chi connectivity index (χ2n) is 10.4. The fraction of sp³-hybridized carbons (Fsp3) is 0.571. The van der Waals surface area contributed by atoms with Gasteiger partial charge in [-0.3, -0.25) is 4.90 Å². The van der Waals surface area contributed by atoms with Crippen molar-refractivity contribution in [3.05, 3.63) is 71.8 Å². The zero-order valence-electron chi connectivity index (χ0n) is 19.4. The molecule has 2 aromatic rings. The highest BCUT2D eigenvalue weighted by Gasteiger charge is 2.52. The first-order valence-electron chi connectivity index (χ1n) is 12.4. The summed E-state index contributed by atoms with van der Waals surface area (Å²) < 4.78 is 0.